The summed E-state index contributed by atoms with van der Waals surface area (Å²) in [5.41, 5.74) is -0.699. The Morgan fingerprint density at radius 2 is 1.57 bits per heavy atom. The van der Waals surface area contributed by atoms with Gasteiger partial charge in [-0.2, -0.15) is 8.78 Å². The Labute approximate surface area is 195 Å². The van der Waals surface area contributed by atoms with Crippen molar-refractivity contribution >= 4 is 0 Å². The summed E-state index contributed by atoms with van der Waals surface area (Å²) in [6.07, 6.45) is -6.17. The maximum absolute atomic E-state index is 14.7. The van der Waals surface area contributed by atoms with Crippen molar-refractivity contribution in [3.05, 3.63) is 94.8 Å². The first-order valence-electron chi connectivity index (χ1n) is 10.6. The van der Waals surface area contributed by atoms with E-state index in [4.69, 9.17) is 4.74 Å². The predicted octanol–water partition coefficient (Wildman–Crippen LogP) is 6.85. The second-order valence-corrected chi connectivity index (χ2v) is 8.14. The first-order chi connectivity index (χ1) is 16.5. The molecule has 1 N–H and O–H groups in total. The zero-order valence-electron chi connectivity index (χ0n) is 18.0. The van der Waals surface area contributed by atoms with Gasteiger partial charge in [0.25, 0.3) is 0 Å². The van der Waals surface area contributed by atoms with Crippen LogP contribution in [0, 0.1) is 11.6 Å². The van der Waals surface area contributed by atoms with Crippen LogP contribution in [0.1, 0.15) is 30.1 Å². The SMILES string of the molecule is OC1CCC(c2ccc(-c3cc(F)c(C(F)(F)OC4=CC(F)=CC(F)C(F)=C4)c(F)c3)cc2)OC1. The van der Waals surface area contributed by atoms with Gasteiger partial charge in [-0.05, 0) is 47.7 Å². The van der Waals surface area contributed by atoms with Gasteiger partial charge in [-0.15, -0.1) is 0 Å². The molecule has 1 aliphatic heterocycles. The smallest absolute Gasteiger partial charge is 0.429 e. The van der Waals surface area contributed by atoms with Crippen molar-refractivity contribution in [2.24, 2.45) is 0 Å². The third kappa shape index (κ3) is 5.59. The summed E-state index contributed by atoms with van der Waals surface area (Å²) in [6.45, 7) is 0.192. The topological polar surface area (TPSA) is 38.7 Å². The average molecular weight is 500 g/mol. The fourth-order valence-electron chi connectivity index (χ4n) is 3.83. The van der Waals surface area contributed by atoms with E-state index in [0.717, 1.165) is 5.56 Å². The summed E-state index contributed by atoms with van der Waals surface area (Å²) in [5, 5.41) is 9.52. The quantitative estimate of drug-likeness (QED) is 0.457. The summed E-state index contributed by atoms with van der Waals surface area (Å²) >= 11 is 0. The van der Waals surface area contributed by atoms with E-state index in [1.54, 1.807) is 24.3 Å². The largest absolute Gasteiger partial charge is 0.432 e. The highest BCUT2D eigenvalue weighted by Crippen LogP contribution is 2.39. The molecule has 186 valence electrons. The number of ether oxygens (including phenoxy) is 2. The van der Waals surface area contributed by atoms with Crippen LogP contribution >= 0.6 is 0 Å². The summed E-state index contributed by atoms with van der Waals surface area (Å²) in [5.74, 6) is -7.48. The van der Waals surface area contributed by atoms with Crippen molar-refractivity contribution in [2.45, 2.75) is 37.3 Å². The molecule has 0 radical (unpaired) electrons. The van der Waals surface area contributed by atoms with Gasteiger partial charge >= 0.3 is 6.11 Å². The molecule has 2 aromatic rings. The first-order valence-corrected chi connectivity index (χ1v) is 10.6. The predicted molar refractivity (Wildman–Crippen MR) is 112 cm³/mol. The van der Waals surface area contributed by atoms with Gasteiger partial charge < -0.3 is 14.6 Å². The maximum atomic E-state index is 14.7. The fourth-order valence-corrected chi connectivity index (χ4v) is 3.83. The first kappa shape index (κ1) is 25.0. The van der Waals surface area contributed by atoms with Crippen molar-refractivity contribution in [1.29, 1.82) is 0 Å². The van der Waals surface area contributed by atoms with Crippen molar-refractivity contribution in [3.8, 4) is 11.1 Å². The van der Waals surface area contributed by atoms with Crippen LogP contribution in [-0.4, -0.2) is 24.0 Å². The van der Waals surface area contributed by atoms with E-state index < -0.39 is 53.0 Å². The van der Waals surface area contributed by atoms with Gasteiger partial charge in [-0.1, -0.05) is 24.3 Å². The molecule has 2 aromatic carbocycles. The molecule has 1 saturated heterocycles. The highest BCUT2D eigenvalue weighted by atomic mass is 19.3. The van der Waals surface area contributed by atoms with Gasteiger partial charge in [-0.25, -0.2) is 22.0 Å². The molecule has 2 aliphatic rings. The number of rotatable bonds is 5. The Kier molecular flexibility index (Phi) is 7.05. The maximum Gasteiger partial charge on any atom is 0.432 e. The number of halogens is 7. The van der Waals surface area contributed by atoms with Crippen LogP contribution in [0.15, 0.2) is 72.0 Å². The molecular formula is C25H19F7O3. The Morgan fingerprint density at radius 1 is 0.914 bits per heavy atom. The van der Waals surface area contributed by atoms with E-state index in [1.807, 2.05) is 0 Å². The van der Waals surface area contributed by atoms with Crippen LogP contribution < -0.4 is 0 Å². The van der Waals surface area contributed by atoms with Gasteiger partial charge in [0.15, 0.2) is 6.17 Å². The summed E-state index contributed by atoms with van der Waals surface area (Å²) in [6, 6.07) is 7.76. The monoisotopic (exact) mass is 500 g/mol. The molecule has 0 aromatic heterocycles. The number of hydrogen-bond donors (Lipinski definition) is 1. The Hall–Kier alpha value is -3.11. The van der Waals surface area contributed by atoms with Gasteiger partial charge in [0.1, 0.15) is 34.6 Å². The van der Waals surface area contributed by atoms with Crippen LogP contribution in [0.4, 0.5) is 30.7 Å². The summed E-state index contributed by atoms with van der Waals surface area (Å²) in [4.78, 5) is 0. The lowest BCUT2D eigenvalue weighted by Crippen LogP contribution is -2.24. The van der Waals surface area contributed by atoms with Crippen molar-refractivity contribution < 1.29 is 45.3 Å². The van der Waals surface area contributed by atoms with Crippen LogP contribution in [0.2, 0.25) is 0 Å². The van der Waals surface area contributed by atoms with Crippen molar-refractivity contribution in [3.63, 3.8) is 0 Å². The minimum atomic E-state index is -4.67. The molecule has 3 atom stereocenters. The summed E-state index contributed by atoms with van der Waals surface area (Å²) in [7, 11) is 0. The van der Waals surface area contributed by atoms with Crippen LogP contribution in [0.5, 0.6) is 0 Å². The average Bonchev–Trinajstić information content (AvgIpc) is 2.89. The number of alkyl halides is 3. The second kappa shape index (κ2) is 9.87. The number of aliphatic hydroxyl groups is 1. The third-order valence-corrected chi connectivity index (χ3v) is 5.58. The van der Waals surface area contributed by atoms with Crippen molar-refractivity contribution in [1.82, 2.24) is 0 Å². The van der Waals surface area contributed by atoms with Crippen molar-refractivity contribution in [2.75, 3.05) is 6.61 Å². The molecule has 0 saturated carbocycles. The minimum absolute atomic E-state index is 0.0417. The normalized spacial score (nSPS) is 23.2. The molecule has 3 unspecified atom stereocenters. The van der Waals surface area contributed by atoms with Gasteiger partial charge in [0, 0.05) is 12.2 Å². The van der Waals surface area contributed by atoms with Crippen LogP contribution in [0.25, 0.3) is 11.1 Å². The van der Waals surface area contributed by atoms with Gasteiger partial charge in [0.05, 0.1) is 18.8 Å². The van der Waals surface area contributed by atoms with Gasteiger partial charge in [-0.3, -0.25) is 0 Å². The third-order valence-electron chi connectivity index (χ3n) is 5.58. The lowest BCUT2D eigenvalue weighted by atomic mass is 9.96. The lowest BCUT2D eigenvalue weighted by molar-refractivity contribution is -0.224. The van der Waals surface area contributed by atoms with E-state index in [0.29, 0.717) is 30.5 Å². The highest BCUT2D eigenvalue weighted by molar-refractivity contribution is 5.64. The Bertz CT molecular complexity index is 1160. The van der Waals surface area contributed by atoms with Crippen LogP contribution in [-0.2, 0) is 15.6 Å². The van der Waals surface area contributed by atoms with Gasteiger partial charge in [0.2, 0.25) is 0 Å². The molecule has 1 heterocycles. The number of benzene rings is 2. The van der Waals surface area contributed by atoms with E-state index in [9.17, 15) is 35.8 Å². The molecule has 0 spiro atoms. The van der Waals surface area contributed by atoms with E-state index in [1.165, 1.54) is 0 Å². The summed E-state index contributed by atoms with van der Waals surface area (Å²) < 4.78 is 109. The number of aliphatic hydroxyl groups excluding tert-OH is 1. The fraction of sp³-hybridized carbons (Fsp3) is 0.280. The molecular weight excluding hydrogens is 481 g/mol. The molecule has 0 amide bonds. The molecule has 35 heavy (non-hydrogen) atoms. The molecule has 1 fully saturated rings. The standard InChI is InChI=1S/C25H19F7O3/c26-16-9-18(11-20(28)19(27)10-16)35-25(31,32)24-21(29)7-15(8-22(24)30)13-1-3-14(4-2-13)23-6-5-17(33)12-34-23/h1-4,7-11,17,19,23,33H,5-6,12H2. The number of hydrogen-bond acceptors (Lipinski definition) is 3. The highest BCUT2D eigenvalue weighted by Gasteiger charge is 2.42. The molecule has 1 aliphatic carbocycles. The number of allylic oxidation sites excluding steroid dienone is 5. The Balaban J connectivity index is 1.57. The van der Waals surface area contributed by atoms with E-state index >= 15 is 0 Å². The Morgan fingerprint density at radius 3 is 2.17 bits per heavy atom. The second-order valence-electron chi connectivity index (χ2n) is 8.14. The molecule has 10 heteroatoms. The van der Waals surface area contributed by atoms with E-state index in [2.05, 4.69) is 4.74 Å². The van der Waals surface area contributed by atoms with Crippen LogP contribution in [0.3, 0.4) is 0 Å². The zero-order chi connectivity index (χ0) is 25.3. The molecule has 3 nitrogen and oxygen atoms in total. The van der Waals surface area contributed by atoms with E-state index in [-0.39, 0.29) is 36.5 Å². The minimum Gasteiger partial charge on any atom is -0.429 e. The molecule has 4 rings (SSSR count). The lowest BCUT2D eigenvalue weighted by Gasteiger charge is -2.26. The molecule has 0 bridgehead atoms. The zero-order valence-corrected chi connectivity index (χ0v) is 18.0.